The first kappa shape index (κ1) is 27.1. The Bertz CT molecular complexity index is 1320. The molecule has 35 heavy (non-hydrogen) atoms. The molecule has 0 saturated heterocycles. The Morgan fingerprint density at radius 2 is 2.00 bits per heavy atom. The van der Waals surface area contributed by atoms with E-state index in [1.807, 2.05) is 32.0 Å². The third-order valence-electron chi connectivity index (χ3n) is 5.16. The Morgan fingerprint density at radius 1 is 1.26 bits per heavy atom. The maximum absolute atomic E-state index is 13.3. The number of esters is 1. The zero-order valence-corrected chi connectivity index (χ0v) is 23.9. The van der Waals surface area contributed by atoms with Gasteiger partial charge in [0.15, 0.2) is 18.1 Å². The van der Waals surface area contributed by atoms with Crippen LogP contribution in [-0.4, -0.2) is 41.7 Å². The average molecular weight is 656 g/mol. The van der Waals surface area contributed by atoms with Gasteiger partial charge in [-0.2, -0.15) is 9.78 Å². The van der Waals surface area contributed by atoms with Gasteiger partial charge in [0.1, 0.15) is 5.82 Å². The second-order valence-corrected chi connectivity index (χ2v) is 10.2. The number of carbonyl (C=O) groups excluding carboxylic acids is 1. The van der Waals surface area contributed by atoms with Crippen LogP contribution in [0.1, 0.15) is 51.4 Å². The molecule has 2 aromatic carbocycles. The van der Waals surface area contributed by atoms with Crippen molar-refractivity contribution >= 4 is 61.6 Å². The monoisotopic (exact) mass is 655 g/mol. The Balaban J connectivity index is 1.99. The summed E-state index contributed by atoms with van der Waals surface area (Å²) in [6.45, 7) is 7.38. The zero-order chi connectivity index (χ0) is 25.7. The second kappa shape index (κ2) is 12.0. The quantitative estimate of drug-likeness (QED) is 0.172. The number of benzene rings is 2. The minimum absolute atomic E-state index is 0.0314. The fraction of sp³-hybridized carbons (Fsp3) is 0.360. The van der Waals surface area contributed by atoms with Crippen LogP contribution in [0.3, 0.4) is 0 Å². The van der Waals surface area contributed by atoms with Crippen LogP contribution in [-0.2, 0) is 9.53 Å². The van der Waals surface area contributed by atoms with Crippen molar-refractivity contribution in [3.63, 3.8) is 0 Å². The average Bonchev–Trinajstić information content (AvgIpc) is 2.81. The van der Waals surface area contributed by atoms with E-state index in [-0.39, 0.29) is 24.2 Å². The van der Waals surface area contributed by atoms with Crippen molar-refractivity contribution < 1.29 is 19.0 Å². The van der Waals surface area contributed by atoms with Gasteiger partial charge in [0.2, 0.25) is 0 Å². The van der Waals surface area contributed by atoms with Gasteiger partial charge in [-0.25, -0.2) is 9.78 Å². The summed E-state index contributed by atoms with van der Waals surface area (Å²) >= 11 is 5.52. The van der Waals surface area contributed by atoms with Crippen LogP contribution in [0.5, 0.6) is 11.5 Å². The van der Waals surface area contributed by atoms with Crippen LogP contribution < -0.4 is 15.0 Å². The summed E-state index contributed by atoms with van der Waals surface area (Å²) < 4.78 is 19.1. The third-order valence-corrected chi connectivity index (χ3v) is 6.46. The van der Waals surface area contributed by atoms with E-state index in [4.69, 9.17) is 19.2 Å². The van der Waals surface area contributed by atoms with Crippen LogP contribution >= 0.6 is 38.5 Å². The smallest absolute Gasteiger partial charge is 0.344 e. The molecule has 0 aliphatic rings. The van der Waals surface area contributed by atoms with Gasteiger partial charge in [-0.1, -0.05) is 29.8 Å². The maximum Gasteiger partial charge on any atom is 0.344 e. The van der Waals surface area contributed by atoms with Crippen molar-refractivity contribution in [2.75, 3.05) is 13.7 Å². The lowest BCUT2D eigenvalue weighted by atomic mass is 10.1. The Hall–Kier alpha value is -2.47. The molecule has 186 valence electrons. The van der Waals surface area contributed by atoms with E-state index in [2.05, 4.69) is 43.6 Å². The van der Waals surface area contributed by atoms with Gasteiger partial charge in [0, 0.05) is 10.4 Å². The Kier molecular flexibility index (Phi) is 9.28. The predicted molar refractivity (Wildman–Crippen MR) is 148 cm³/mol. The van der Waals surface area contributed by atoms with Crippen molar-refractivity contribution in [2.24, 2.45) is 5.10 Å². The summed E-state index contributed by atoms with van der Waals surface area (Å²) in [5.41, 5.74) is 1.08. The normalized spacial score (nSPS) is 12.3. The van der Waals surface area contributed by atoms with E-state index < -0.39 is 5.97 Å². The topological polar surface area (TPSA) is 92.0 Å². The first-order valence-corrected chi connectivity index (χ1v) is 13.0. The maximum atomic E-state index is 13.3. The van der Waals surface area contributed by atoms with Crippen LogP contribution in [0.25, 0.3) is 10.9 Å². The molecule has 0 aliphatic heterocycles. The largest absolute Gasteiger partial charge is 0.493 e. The Morgan fingerprint density at radius 3 is 2.66 bits per heavy atom. The first-order valence-electron chi connectivity index (χ1n) is 11.1. The number of hydrogen-bond acceptors (Lipinski definition) is 7. The molecule has 1 heterocycles. The fourth-order valence-electron chi connectivity index (χ4n) is 3.29. The van der Waals surface area contributed by atoms with Gasteiger partial charge in [0.05, 0.1) is 33.9 Å². The van der Waals surface area contributed by atoms with Gasteiger partial charge in [-0.15, -0.1) is 0 Å². The number of halogens is 2. The van der Waals surface area contributed by atoms with Crippen molar-refractivity contribution in [1.29, 1.82) is 0 Å². The van der Waals surface area contributed by atoms with E-state index in [0.29, 0.717) is 33.8 Å². The molecule has 0 radical (unpaired) electrons. The lowest BCUT2D eigenvalue weighted by Crippen LogP contribution is -2.23. The molecule has 0 N–H and O–H groups in total. The first-order chi connectivity index (χ1) is 16.6. The molecule has 0 spiro atoms. The number of ether oxygens (including phenoxy) is 3. The summed E-state index contributed by atoms with van der Waals surface area (Å²) in [6, 6.07) is 8.99. The van der Waals surface area contributed by atoms with Gasteiger partial charge in [0.25, 0.3) is 5.56 Å². The number of carbonyl (C=O) groups is 1. The van der Waals surface area contributed by atoms with Crippen LogP contribution in [0.4, 0.5) is 0 Å². The fourth-order valence-corrected chi connectivity index (χ4v) is 4.43. The minimum atomic E-state index is -0.462. The number of nitrogens with zero attached hydrogens (tertiary/aromatic N) is 3. The molecule has 0 unspecified atom stereocenters. The van der Waals surface area contributed by atoms with Crippen molar-refractivity contribution in [2.45, 2.75) is 46.1 Å². The lowest BCUT2D eigenvalue weighted by molar-refractivity contribution is -0.149. The predicted octanol–water partition coefficient (Wildman–Crippen LogP) is 5.50. The Labute approximate surface area is 225 Å². The van der Waals surface area contributed by atoms with Gasteiger partial charge in [-0.05, 0) is 78.8 Å². The second-order valence-electron chi connectivity index (χ2n) is 8.16. The lowest BCUT2D eigenvalue weighted by Gasteiger charge is -2.15. The highest BCUT2D eigenvalue weighted by molar-refractivity contribution is 14.1. The SMILES string of the molecule is CC[C@H](C)c1nc2ccc(Br)cc2c(=O)n1N=Cc1cc(I)c(OCC(=O)OC(C)C)c(OC)c1. The van der Waals surface area contributed by atoms with Crippen molar-refractivity contribution in [3.8, 4) is 11.5 Å². The van der Waals surface area contributed by atoms with E-state index in [9.17, 15) is 9.59 Å². The highest BCUT2D eigenvalue weighted by Gasteiger charge is 2.17. The molecule has 1 atom stereocenters. The van der Waals surface area contributed by atoms with Crippen LogP contribution in [0, 0.1) is 3.57 Å². The molecule has 0 fully saturated rings. The van der Waals surface area contributed by atoms with E-state index in [0.717, 1.165) is 14.5 Å². The van der Waals surface area contributed by atoms with Crippen LogP contribution in [0.2, 0.25) is 0 Å². The molecule has 0 bridgehead atoms. The minimum Gasteiger partial charge on any atom is -0.493 e. The van der Waals surface area contributed by atoms with E-state index in [1.54, 1.807) is 32.2 Å². The zero-order valence-electron chi connectivity index (χ0n) is 20.2. The standard InChI is InChI=1S/C25H27BrIN3O5/c1-6-15(4)24-29-20-8-7-17(26)11-18(20)25(32)30(24)28-12-16-9-19(27)23(21(10-16)33-5)34-13-22(31)35-14(2)3/h7-12,14-15H,6,13H2,1-5H3/t15-/m0/s1. The number of methoxy groups -OCH3 is 1. The van der Waals surface area contributed by atoms with Crippen LogP contribution in [0.15, 0.2) is 44.7 Å². The number of hydrogen-bond donors (Lipinski definition) is 0. The molecule has 0 aliphatic carbocycles. The number of rotatable bonds is 9. The number of fused-ring (bicyclic) bond motifs is 1. The van der Waals surface area contributed by atoms with E-state index >= 15 is 0 Å². The van der Waals surface area contributed by atoms with E-state index in [1.165, 1.54) is 11.8 Å². The van der Waals surface area contributed by atoms with Gasteiger partial charge < -0.3 is 14.2 Å². The third kappa shape index (κ3) is 6.60. The molecule has 0 saturated carbocycles. The molecule has 3 rings (SSSR count). The summed E-state index contributed by atoms with van der Waals surface area (Å²) in [7, 11) is 1.52. The molecule has 3 aromatic rings. The molecular weight excluding hydrogens is 629 g/mol. The summed E-state index contributed by atoms with van der Waals surface area (Å²) in [4.78, 5) is 29.9. The molecule has 1 aromatic heterocycles. The van der Waals surface area contributed by atoms with Crippen molar-refractivity contribution in [1.82, 2.24) is 9.66 Å². The summed E-state index contributed by atoms with van der Waals surface area (Å²) in [6.07, 6.45) is 2.17. The molecular formula is C25H27BrIN3O5. The van der Waals surface area contributed by atoms with Gasteiger partial charge >= 0.3 is 5.97 Å². The summed E-state index contributed by atoms with van der Waals surface area (Å²) in [5, 5.41) is 4.98. The molecule has 8 nitrogen and oxygen atoms in total. The molecule has 0 amide bonds. The molecule has 10 heteroatoms. The number of aromatic nitrogens is 2. The summed E-state index contributed by atoms with van der Waals surface area (Å²) in [5.74, 6) is 1.03. The highest BCUT2D eigenvalue weighted by Crippen LogP contribution is 2.33. The van der Waals surface area contributed by atoms with Gasteiger partial charge in [-0.3, -0.25) is 4.79 Å². The highest BCUT2D eigenvalue weighted by atomic mass is 127. The van der Waals surface area contributed by atoms with Crippen molar-refractivity contribution in [3.05, 3.63) is 60.1 Å².